The third-order valence-corrected chi connectivity index (χ3v) is 4.34. The fraction of sp³-hybridized carbons (Fsp3) is 0.800. The molecule has 0 spiro atoms. The molecule has 0 aromatic heterocycles. The minimum atomic E-state index is -0.942. The maximum atomic E-state index is 12.1. The van der Waals surface area contributed by atoms with Gasteiger partial charge in [-0.3, -0.25) is 14.4 Å². The third kappa shape index (κ3) is 4.19. The summed E-state index contributed by atoms with van der Waals surface area (Å²) >= 11 is 0. The van der Waals surface area contributed by atoms with E-state index in [0.29, 0.717) is 25.9 Å². The molecule has 6 heteroatoms. The number of carbonyl (C=O) groups excluding carboxylic acids is 2. The molecule has 2 N–H and O–H groups in total. The number of hydrogen-bond donors (Lipinski definition) is 2. The van der Waals surface area contributed by atoms with Crippen LogP contribution in [0.4, 0.5) is 0 Å². The van der Waals surface area contributed by atoms with Crippen LogP contribution in [0.3, 0.4) is 0 Å². The lowest BCUT2D eigenvalue weighted by molar-refractivity contribution is -0.151. The molecule has 6 nitrogen and oxygen atoms in total. The molecule has 2 amide bonds. The molecule has 21 heavy (non-hydrogen) atoms. The molecule has 1 aliphatic carbocycles. The van der Waals surface area contributed by atoms with Gasteiger partial charge in [0, 0.05) is 19.5 Å². The van der Waals surface area contributed by atoms with Gasteiger partial charge in [0.15, 0.2) is 0 Å². The van der Waals surface area contributed by atoms with Gasteiger partial charge >= 0.3 is 5.97 Å². The Bertz CT molecular complexity index is 398. The average molecular weight is 298 g/mol. The van der Waals surface area contributed by atoms with Crippen LogP contribution in [0.15, 0.2) is 0 Å². The van der Waals surface area contributed by atoms with Crippen molar-refractivity contribution in [2.24, 2.45) is 5.41 Å². The van der Waals surface area contributed by atoms with E-state index in [1.54, 1.807) is 11.8 Å². The molecule has 1 rings (SSSR count). The molecule has 0 radical (unpaired) electrons. The fourth-order valence-electron chi connectivity index (χ4n) is 2.99. The maximum Gasteiger partial charge on any atom is 0.310 e. The highest BCUT2D eigenvalue weighted by Gasteiger charge is 2.43. The first-order chi connectivity index (χ1) is 9.86. The quantitative estimate of drug-likeness (QED) is 0.743. The van der Waals surface area contributed by atoms with Gasteiger partial charge in [0.05, 0.1) is 5.41 Å². The van der Waals surface area contributed by atoms with Crippen LogP contribution in [-0.4, -0.2) is 46.9 Å². The number of hydrogen-bond acceptors (Lipinski definition) is 3. The van der Waals surface area contributed by atoms with E-state index in [1.807, 2.05) is 13.8 Å². The minimum Gasteiger partial charge on any atom is -0.481 e. The monoisotopic (exact) mass is 298 g/mol. The zero-order valence-corrected chi connectivity index (χ0v) is 13.1. The summed E-state index contributed by atoms with van der Waals surface area (Å²) in [6.45, 7) is 6.59. The van der Waals surface area contributed by atoms with Crippen molar-refractivity contribution >= 4 is 17.8 Å². The van der Waals surface area contributed by atoms with Crippen LogP contribution in [0.5, 0.6) is 0 Å². The van der Waals surface area contributed by atoms with Gasteiger partial charge in [-0.1, -0.05) is 12.8 Å². The van der Waals surface area contributed by atoms with Gasteiger partial charge in [-0.2, -0.15) is 0 Å². The molecular formula is C15H26N2O4. The standard InChI is InChI=1S/C15H26N2O4/c1-4-17(5-2)13(19)11(3)16-12(18)10-15(14(20)21)8-6-7-9-15/h11H,4-10H2,1-3H3,(H,16,18)(H,20,21). The Morgan fingerprint density at radius 3 is 2.14 bits per heavy atom. The smallest absolute Gasteiger partial charge is 0.310 e. The number of rotatable bonds is 7. The first kappa shape index (κ1) is 17.5. The van der Waals surface area contributed by atoms with Crippen molar-refractivity contribution in [3.8, 4) is 0 Å². The molecule has 0 heterocycles. The van der Waals surface area contributed by atoms with Crippen LogP contribution in [-0.2, 0) is 14.4 Å². The summed E-state index contributed by atoms with van der Waals surface area (Å²) in [5.41, 5.74) is -0.942. The number of carboxylic acids is 1. The van der Waals surface area contributed by atoms with Gasteiger partial charge in [-0.25, -0.2) is 0 Å². The molecule has 0 aliphatic heterocycles. The van der Waals surface area contributed by atoms with Crippen molar-refractivity contribution < 1.29 is 19.5 Å². The summed E-state index contributed by atoms with van der Waals surface area (Å²) in [6.07, 6.45) is 2.71. The van der Waals surface area contributed by atoms with Crippen molar-refractivity contribution in [1.29, 1.82) is 0 Å². The van der Waals surface area contributed by atoms with Crippen LogP contribution < -0.4 is 5.32 Å². The number of carbonyl (C=O) groups is 3. The number of nitrogens with one attached hydrogen (secondary N) is 1. The highest BCUT2D eigenvalue weighted by Crippen LogP contribution is 2.41. The van der Waals surface area contributed by atoms with E-state index in [-0.39, 0.29) is 18.2 Å². The Hall–Kier alpha value is -1.59. The predicted octanol–water partition coefficient (Wildman–Crippen LogP) is 1.39. The molecule has 1 aliphatic rings. The molecule has 0 aromatic rings. The average Bonchev–Trinajstić information content (AvgIpc) is 2.89. The summed E-state index contributed by atoms with van der Waals surface area (Å²) in [6, 6.07) is -0.621. The zero-order valence-electron chi connectivity index (χ0n) is 13.1. The molecule has 1 saturated carbocycles. The maximum absolute atomic E-state index is 12.1. The zero-order chi connectivity index (χ0) is 16.0. The van der Waals surface area contributed by atoms with Crippen LogP contribution in [0.25, 0.3) is 0 Å². The highest BCUT2D eigenvalue weighted by atomic mass is 16.4. The Kier molecular flexibility index (Phi) is 6.18. The normalized spacial score (nSPS) is 18.0. The minimum absolute atomic E-state index is 0.0434. The van der Waals surface area contributed by atoms with Crippen LogP contribution in [0.2, 0.25) is 0 Å². The SMILES string of the molecule is CCN(CC)C(=O)C(C)NC(=O)CC1(C(=O)O)CCCC1. The topological polar surface area (TPSA) is 86.7 Å². The van der Waals surface area contributed by atoms with Gasteiger partial charge in [0.1, 0.15) is 6.04 Å². The molecule has 0 saturated heterocycles. The van der Waals surface area contributed by atoms with Crippen molar-refractivity contribution in [1.82, 2.24) is 10.2 Å². The third-order valence-electron chi connectivity index (χ3n) is 4.34. The van der Waals surface area contributed by atoms with E-state index in [0.717, 1.165) is 12.8 Å². The summed E-state index contributed by atoms with van der Waals surface area (Å²) in [7, 11) is 0. The van der Waals surface area contributed by atoms with Crippen molar-refractivity contribution in [3.05, 3.63) is 0 Å². The molecule has 1 unspecified atom stereocenters. The summed E-state index contributed by atoms with van der Waals surface area (Å²) < 4.78 is 0. The van der Waals surface area contributed by atoms with Crippen LogP contribution >= 0.6 is 0 Å². The van der Waals surface area contributed by atoms with Crippen molar-refractivity contribution in [2.75, 3.05) is 13.1 Å². The van der Waals surface area contributed by atoms with Gasteiger partial charge in [-0.15, -0.1) is 0 Å². The number of nitrogens with zero attached hydrogens (tertiary/aromatic N) is 1. The fourth-order valence-corrected chi connectivity index (χ4v) is 2.99. The van der Waals surface area contributed by atoms with Gasteiger partial charge in [0.25, 0.3) is 0 Å². The van der Waals surface area contributed by atoms with Crippen LogP contribution in [0, 0.1) is 5.41 Å². The summed E-state index contributed by atoms with van der Waals surface area (Å²) in [5, 5.41) is 12.0. The van der Waals surface area contributed by atoms with Crippen molar-refractivity contribution in [3.63, 3.8) is 0 Å². The molecule has 1 fully saturated rings. The number of aliphatic carboxylic acids is 1. The van der Waals surface area contributed by atoms with E-state index in [2.05, 4.69) is 5.32 Å². The number of likely N-dealkylation sites (N-methyl/N-ethyl adjacent to an activating group) is 1. The van der Waals surface area contributed by atoms with Gasteiger partial charge in [-0.05, 0) is 33.6 Å². The van der Waals surface area contributed by atoms with Crippen molar-refractivity contribution in [2.45, 2.75) is 58.9 Å². The number of carboxylic acid groups (broad SMARTS) is 1. The molecule has 120 valence electrons. The van der Waals surface area contributed by atoms with Gasteiger partial charge < -0.3 is 15.3 Å². The predicted molar refractivity (Wildman–Crippen MR) is 78.7 cm³/mol. The first-order valence-corrected chi connectivity index (χ1v) is 7.68. The molecule has 1 atom stereocenters. The Morgan fingerprint density at radius 1 is 1.19 bits per heavy atom. The lowest BCUT2D eigenvalue weighted by Gasteiger charge is -2.26. The number of amides is 2. The Balaban J connectivity index is 2.60. The Labute approximate surface area is 125 Å². The Morgan fingerprint density at radius 2 is 1.71 bits per heavy atom. The van der Waals surface area contributed by atoms with E-state index in [9.17, 15) is 19.5 Å². The van der Waals surface area contributed by atoms with E-state index in [1.165, 1.54) is 0 Å². The molecule has 0 bridgehead atoms. The van der Waals surface area contributed by atoms with E-state index in [4.69, 9.17) is 0 Å². The lowest BCUT2D eigenvalue weighted by atomic mass is 9.82. The second-order valence-electron chi connectivity index (χ2n) is 5.77. The summed E-state index contributed by atoms with van der Waals surface area (Å²) in [5.74, 6) is -1.39. The van der Waals surface area contributed by atoms with E-state index >= 15 is 0 Å². The second kappa shape index (κ2) is 7.43. The first-order valence-electron chi connectivity index (χ1n) is 7.68. The molecular weight excluding hydrogens is 272 g/mol. The largest absolute Gasteiger partial charge is 0.481 e. The molecule has 0 aromatic carbocycles. The second-order valence-corrected chi connectivity index (χ2v) is 5.77. The van der Waals surface area contributed by atoms with Crippen LogP contribution in [0.1, 0.15) is 52.9 Å². The lowest BCUT2D eigenvalue weighted by Crippen LogP contribution is -2.48. The van der Waals surface area contributed by atoms with Gasteiger partial charge in [0.2, 0.25) is 11.8 Å². The summed E-state index contributed by atoms with van der Waals surface area (Å²) in [4.78, 5) is 37.2. The van der Waals surface area contributed by atoms with E-state index < -0.39 is 17.4 Å². The highest BCUT2D eigenvalue weighted by molar-refractivity contribution is 5.90.